The summed E-state index contributed by atoms with van der Waals surface area (Å²) < 4.78 is 41.6. The summed E-state index contributed by atoms with van der Waals surface area (Å²) in [5.41, 5.74) is -4.18. The quantitative estimate of drug-likeness (QED) is 0.735. The molecule has 0 saturated heterocycles. The number of ether oxygens (including phenoxy) is 1. The maximum atomic E-state index is 11.7. The van der Waals surface area contributed by atoms with Crippen LogP contribution in [0.3, 0.4) is 0 Å². The molecule has 0 spiro atoms. The van der Waals surface area contributed by atoms with Crippen molar-refractivity contribution in [2.45, 2.75) is 5.51 Å². The minimum atomic E-state index is -4.18. The molecule has 3 nitrogen and oxygen atoms in total. The third-order valence-corrected chi connectivity index (χ3v) is 2.00. The SMILES string of the molecule is Cn1cc(OCCSC(F)(F)F)cn1. The largest absolute Gasteiger partial charge is 0.489 e. The van der Waals surface area contributed by atoms with E-state index in [0.717, 1.165) is 0 Å². The first-order valence-corrected chi connectivity index (χ1v) is 4.78. The average Bonchev–Trinajstić information content (AvgIpc) is 2.44. The second-order valence-electron chi connectivity index (χ2n) is 2.49. The van der Waals surface area contributed by atoms with Crippen LogP contribution in [-0.2, 0) is 7.05 Å². The van der Waals surface area contributed by atoms with Crippen molar-refractivity contribution < 1.29 is 17.9 Å². The molecule has 0 aliphatic carbocycles. The van der Waals surface area contributed by atoms with E-state index < -0.39 is 5.51 Å². The van der Waals surface area contributed by atoms with Crippen molar-refractivity contribution in [2.75, 3.05) is 12.4 Å². The fraction of sp³-hybridized carbons (Fsp3) is 0.571. The minimum Gasteiger partial charge on any atom is -0.489 e. The molecule has 0 radical (unpaired) electrons. The van der Waals surface area contributed by atoms with Gasteiger partial charge in [0.05, 0.1) is 19.0 Å². The summed E-state index contributed by atoms with van der Waals surface area (Å²) in [6.45, 7) is 0.0237. The summed E-state index contributed by atoms with van der Waals surface area (Å²) in [5, 5.41) is 3.81. The van der Waals surface area contributed by atoms with Crippen LogP contribution in [0.4, 0.5) is 13.2 Å². The summed E-state index contributed by atoms with van der Waals surface area (Å²) in [4.78, 5) is 0. The fourth-order valence-electron chi connectivity index (χ4n) is 0.790. The topological polar surface area (TPSA) is 27.1 Å². The number of alkyl halides is 3. The molecule has 0 fully saturated rings. The molecule has 1 aromatic rings. The molecule has 7 heteroatoms. The van der Waals surface area contributed by atoms with Gasteiger partial charge in [0, 0.05) is 12.8 Å². The zero-order valence-corrected chi connectivity index (χ0v) is 8.23. The molecule has 1 heterocycles. The van der Waals surface area contributed by atoms with E-state index in [9.17, 15) is 13.2 Å². The normalized spacial score (nSPS) is 11.7. The smallest absolute Gasteiger partial charge is 0.441 e. The summed E-state index contributed by atoms with van der Waals surface area (Å²) >= 11 is -0.0926. The number of hydrogen-bond acceptors (Lipinski definition) is 3. The molecule has 0 saturated carbocycles. The lowest BCUT2D eigenvalue weighted by molar-refractivity contribution is -0.0329. The number of aromatic nitrogens is 2. The van der Waals surface area contributed by atoms with Gasteiger partial charge in [-0.1, -0.05) is 0 Å². The number of thioether (sulfide) groups is 1. The zero-order valence-electron chi connectivity index (χ0n) is 7.41. The number of aryl methyl sites for hydroxylation is 1. The Labute approximate surface area is 83.2 Å². The standard InChI is InChI=1S/C7H9F3N2OS/c1-12-5-6(4-11-12)13-2-3-14-7(8,9)10/h4-5H,2-3H2,1H3. The molecule has 0 aliphatic heterocycles. The highest BCUT2D eigenvalue weighted by molar-refractivity contribution is 8.00. The van der Waals surface area contributed by atoms with Crippen LogP contribution in [0, 0.1) is 0 Å². The first-order chi connectivity index (χ1) is 6.47. The van der Waals surface area contributed by atoms with Gasteiger partial charge in [-0.3, -0.25) is 4.68 Å². The molecule has 0 atom stereocenters. The van der Waals surface area contributed by atoms with E-state index >= 15 is 0 Å². The molecule has 0 N–H and O–H groups in total. The molecule has 1 rings (SSSR count). The van der Waals surface area contributed by atoms with Crippen molar-refractivity contribution in [1.82, 2.24) is 9.78 Å². The Morgan fingerprint density at radius 1 is 1.57 bits per heavy atom. The Hall–Kier alpha value is -0.850. The third kappa shape index (κ3) is 4.40. The molecular weight excluding hydrogens is 217 g/mol. The zero-order chi connectivity index (χ0) is 10.6. The van der Waals surface area contributed by atoms with Crippen molar-refractivity contribution in [3.8, 4) is 5.75 Å². The number of nitrogens with zero attached hydrogens (tertiary/aromatic N) is 2. The summed E-state index contributed by atoms with van der Waals surface area (Å²) in [5.74, 6) is 0.369. The van der Waals surface area contributed by atoms with Gasteiger partial charge in [0.1, 0.15) is 0 Å². The Bertz CT molecular complexity index is 287. The second kappa shape index (κ2) is 4.59. The van der Waals surface area contributed by atoms with Crippen LogP contribution in [0.25, 0.3) is 0 Å². The molecule has 1 aromatic heterocycles. The van der Waals surface area contributed by atoms with Crippen molar-refractivity contribution in [3.05, 3.63) is 12.4 Å². The lowest BCUT2D eigenvalue weighted by atomic mass is 10.6. The molecule has 0 aromatic carbocycles. The first-order valence-electron chi connectivity index (χ1n) is 3.79. The van der Waals surface area contributed by atoms with Crippen LogP contribution in [0.2, 0.25) is 0 Å². The predicted molar refractivity (Wildman–Crippen MR) is 47.2 cm³/mol. The maximum absolute atomic E-state index is 11.7. The molecule has 0 bridgehead atoms. The van der Waals surface area contributed by atoms with Crippen molar-refractivity contribution in [2.24, 2.45) is 7.05 Å². The highest BCUT2D eigenvalue weighted by Crippen LogP contribution is 2.29. The van der Waals surface area contributed by atoms with Gasteiger partial charge in [0.15, 0.2) is 5.75 Å². The summed E-state index contributed by atoms with van der Waals surface area (Å²) in [6, 6.07) is 0. The molecule has 0 amide bonds. The number of halogens is 3. The van der Waals surface area contributed by atoms with E-state index in [1.807, 2.05) is 0 Å². The van der Waals surface area contributed by atoms with Gasteiger partial charge in [0.2, 0.25) is 0 Å². The van der Waals surface area contributed by atoms with Crippen LogP contribution < -0.4 is 4.74 Å². The van der Waals surface area contributed by atoms with Gasteiger partial charge >= 0.3 is 5.51 Å². The van der Waals surface area contributed by atoms with Gasteiger partial charge in [-0.05, 0) is 11.8 Å². The van der Waals surface area contributed by atoms with E-state index in [1.54, 1.807) is 13.2 Å². The Balaban J connectivity index is 2.16. The highest BCUT2D eigenvalue weighted by atomic mass is 32.2. The van der Waals surface area contributed by atoms with Crippen LogP contribution >= 0.6 is 11.8 Å². The Kier molecular flexibility index (Phi) is 3.68. The van der Waals surface area contributed by atoms with E-state index in [0.29, 0.717) is 5.75 Å². The van der Waals surface area contributed by atoms with E-state index in [-0.39, 0.29) is 24.1 Å². The van der Waals surface area contributed by atoms with Gasteiger partial charge < -0.3 is 4.74 Å². The maximum Gasteiger partial charge on any atom is 0.441 e. The first kappa shape index (κ1) is 11.2. The monoisotopic (exact) mass is 226 g/mol. The van der Waals surface area contributed by atoms with Crippen molar-refractivity contribution >= 4 is 11.8 Å². The number of hydrogen-bond donors (Lipinski definition) is 0. The van der Waals surface area contributed by atoms with Crippen molar-refractivity contribution in [3.63, 3.8) is 0 Å². The lowest BCUT2D eigenvalue weighted by Crippen LogP contribution is -2.07. The predicted octanol–water partition coefficient (Wildman–Crippen LogP) is 2.05. The second-order valence-corrected chi connectivity index (χ2v) is 3.65. The lowest BCUT2D eigenvalue weighted by Gasteiger charge is -2.05. The molecular formula is C7H9F3N2OS. The Morgan fingerprint density at radius 2 is 2.29 bits per heavy atom. The van der Waals surface area contributed by atoms with Crippen LogP contribution in [0.5, 0.6) is 5.75 Å². The molecule has 0 aliphatic rings. The van der Waals surface area contributed by atoms with Gasteiger partial charge in [-0.25, -0.2) is 0 Å². The highest BCUT2D eigenvalue weighted by Gasteiger charge is 2.27. The summed E-state index contributed by atoms with van der Waals surface area (Å²) in [6.07, 6.45) is 3.05. The third-order valence-electron chi connectivity index (χ3n) is 1.30. The molecule has 14 heavy (non-hydrogen) atoms. The fourth-order valence-corrected chi connectivity index (χ4v) is 1.19. The van der Waals surface area contributed by atoms with Gasteiger partial charge in [-0.2, -0.15) is 18.3 Å². The number of rotatable bonds is 4. The Morgan fingerprint density at radius 3 is 2.79 bits per heavy atom. The van der Waals surface area contributed by atoms with Crippen LogP contribution in [0.15, 0.2) is 12.4 Å². The van der Waals surface area contributed by atoms with Crippen molar-refractivity contribution in [1.29, 1.82) is 0 Å². The van der Waals surface area contributed by atoms with E-state index in [4.69, 9.17) is 4.74 Å². The molecule has 80 valence electrons. The van der Waals surface area contributed by atoms with Crippen LogP contribution in [0.1, 0.15) is 0 Å². The van der Waals surface area contributed by atoms with Gasteiger partial charge in [0.25, 0.3) is 0 Å². The molecule has 0 unspecified atom stereocenters. The summed E-state index contributed by atoms with van der Waals surface area (Å²) in [7, 11) is 1.71. The minimum absolute atomic E-state index is 0.0237. The van der Waals surface area contributed by atoms with Crippen LogP contribution in [-0.4, -0.2) is 27.6 Å². The van der Waals surface area contributed by atoms with E-state index in [1.165, 1.54) is 10.9 Å². The average molecular weight is 226 g/mol. The van der Waals surface area contributed by atoms with Gasteiger partial charge in [-0.15, -0.1) is 0 Å². The van der Waals surface area contributed by atoms with E-state index in [2.05, 4.69) is 5.10 Å².